The lowest BCUT2D eigenvalue weighted by molar-refractivity contribution is -0.262. The number of carboxylic acids is 1. The van der Waals surface area contributed by atoms with Gasteiger partial charge in [-0.2, -0.15) is 17.6 Å². The molecule has 2 atom stereocenters. The van der Waals surface area contributed by atoms with Crippen molar-refractivity contribution in [2.75, 3.05) is 0 Å². The van der Waals surface area contributed by atoms with Crippen molar-refractivity contribution in [3.8, 4) is 0 Å². The van der Waals surface area contributed by atoms with Gasteiger partial charge in [-0.3, -0.25) is 9.59 Å². The van der Waals surface area contributed by atoms with E-state index in [-0.39, 0.29) is 12.8 Å². The highest BCUT2D eigenvalue weighted by Gasteiger charge is 2.48. The lowest BCUT2D eigenvalue weighted by Gasteiger charge is -2.33. The minimum Gasteiger partial charge on any atom is -0.481 e. The summed E-state index contributed by atoms with van der Waals surface area (Å²) < 4.78 is 52.6. The van der Waals surface area contributed by atoms with Gasteiger partial charge in [-0.1, -0.05) is 6.92 Å². The zero-order chi connectivity index (χ0) is 16.4. The number of carboxylic acid groups (broad SMARTS) is 1. The van der Waals surface area contributed by atoms with Gasteiger partial charge in [0.15, 0.2) is 0 Å². The van der Waals surface area contributed by atoms with E-state index in [4.69, 9.17) is 5.11 Å². The smallest absolute Gasteiger partial charge is 0.457 e. The predicted molar refractivity (Wildman–Crippen MR) is 61.5 cm³/mol. The highest BCUT2D eigenvalue weighted by atomic mass is 19.4. The molecule has 4 nitrogen and oxygen atoms in total. The maximum atomic E-state index is 12.7. The van der Waals surface area contributed by atoms with Gasteiger partial charge in [0.05, 0.1) is 10.8 Å². The topological polar surface area (TPSA) is 63.6 Å². The van der Waals surface area contributed by atoms with Crippen LogP contribution in [0.3, 0.4) is 0 Å². The molecule has 0 aliphatic carbocycles. The number of alkyl halides is 4. The Morgan fingerprint density at radius 3 is 1.95 bits per heavy atom. The molecule has 118 valence electrons. The number of hydrogen-bond donors (Lipinski definition) is 1. The highest BCUT2D eigenvalue weighted by Crippen LogP contribution is 2.39. The lowest BCUT2D eigenvalue weighted by Crippen LogP contribution is -2.41. The van der Waals surface area contributed by atoms with Gasteiger partial charge in [-0.15, -0.1) is 0 Å². The number of esters is 1. The first-order valence-electron chi connectivity index (χ1n) is 5.91. The summed E-state index contributed by atoms with van der Waals surface area (Å²) in [5, 5.41) is 8.99. The molecular formula is C12H18F4O4. The van der Waals surface area contributed by atoms with E-state index < -0.39 is 35.3 Å². The van der Waals surface area contributed by atoms with Crippen LogP contribution >= 0.6 is 0 Å². The fraction of sp³-hybridized carbons (Fsp3) is 0.833. The molecule has 0 rings (SSSR count). The summed E-state index contributed by atoms with van der Waals surface area (Å²) in [4.78, 5) is 22.7. The van der Waals surface area contributed by atoms with Crippen molar-refractivity contribution in [3.05, 3.63) is 0 Å². The van der Waals surface area contributed by atoms with Crippen LogP contribution in [0.1, 0.15) is 40.5 Å². The van der Waals surface area contributed by atoms with Gasteiger partial charge < -0.3 is 9.84 Å². The average molecular weight is 302 g/mol. The van der Waals surface area contributed by atoms with Crippen molar-refractivity contribution < 1.29 is 37.0 Å². The molecule has 8 heteroatoms. The van der Waals surface area contributed by atoms with Gasteiger partial charge in [0.2, 0.25) is 0 Å². The Labute approximate surface area is 114 Å². The summed E-state index contributed by atoms with van der Waals surface area (Å²) in [6.45, 7) is 5.39. The van der Waals surface area contributed by atoms with Crippen molar-refractivity contribution in [2.24, 2.45) is 10.8 Å². The van der Waals surface area contributed by atoms with Crippen LogP contribution in [-0.2, 0) is 14.3 Å². The Hall–Kier alpha value is -1.34. The van der Waals surface area contributed by atoms with Crippen LogP contribution in [0, 0.1) is 10.8 Å². The number of ether oxygens (including phenoxy) is 1. The second-order valence-corrected chi connectivity index (χ2v) is 5.54. The van der Waals surface area contributed by atoms with Crippen molar-refractivity contribution in [1.29, 1.82) is 0 Å². The Bertz CT molecular complexity index is 378. The quantitative estimate of drug-likeness (QED) is 0.604. The molecule has 0 radical (unpaired) electrons. The molecule has 0 spiro atoms. The second kappa shape index (κ2) is 5.97. The Morgan fingerprint density at radius 1 is 1.20 bits per heavy atom. The zero-order valence-corrected chi connectivity index (χ0v) is 11.7. The summed E-state index contributed by atoms with van der Waals surface area (Å²) >= 11 is 0. The summed E-state index contributed by atoms with van der Waals surface area (Å²) in [6.07, 6.45) is -9.26. The third-order valence-corrected chi connectivity index (χ3v) is 3.15. The van der Waals surface area contributed by atoms with Crippen molar-refractivity contribution >= 4 is 11.9 Å². The van der Waals surface area contributed by atoms with E-state index in [2.05, 4.69) is 4.74 Å². The van der Waals surface area contributed by atoms with E-state index in [0.29, 0.717) is 0 Å². The average Bonchev–Trinajstić information content (AvgIpc) is 2.26. The highest BCUT2D eigenvalue weighted by molar-refractivity contribution is 5.79. The first-order chi connectivity index (χ1) is 8.76. The number of rotatable bonds is 6. The largest absolute Gasteiger partial charge is 0.481 e. The number of hydrogen-bond acceptors (Lipinski definition) is 3. The van der Waals surface area contributed by atoms with Crippen molar-refractivity contribution in [2.45, 2.75) is 53.1 Å². The van der Waals surface area contributed by atoms with Crippen LogP contribution in [0.5, 0.6) is 0 Å². The maximum Gasteiger partial charge on any atom is 0.457 e. The van der Waals surface area contributed by atoms with Crippen LogP contribution in [-0.4, -0.2) is 29.6 Å². The minimum absolute atomic E-state index is 0.0210. The van der Waals surface area contributed by atoms with Crippen LogP contribution < -0.4 is 0 Å². The minimum atomic E-state index is -5.30. The molecule has 0 saturated carbocycles. The van der Waals surface area contributed by atoms with Crippen molar-refractivity contribution in [1.82, 2.24) is 0 Å². The summed E-state index contributed by atoms with van der Waals surface area (Å²) in [5.41, 5.74) is -2.87. The molecular weight excluding hydrogens is 284 g/mol. The number of halogens is 4. The Morgan fingerprint density at radius 2 is 1.65 bits per heavy atom. The second-order valence-electron chi connectivity index (χ2n) is 5.54. The lowest BCUT2D eigenvalue weighted by atomic mass is 9.72. The Balaban J connectivity index is 5.06. The first kappa shape index (κ1) is 18.7. The molecule has 0 aromatic rings. The molecule has 0 saturated heterocycles. The van der Waals surface area contributed by atoms with Gasteiger partial charge in [-0.05, 0) is 33.6 Å². The fourth-order valence-corrected chi connectivity index (χ4v) is 1.70. The SMILES string of the molecule is CCC(C)(CC(C)(C)C(=O)O)C(=O)OC(F)C(F)(F)F. The van der Waals surface area contributed by atoms with Crippen LogP contribution in [0.4, 0.5) is 17.6 Å². The molecule has 1 N–H and O–H groups in total. The molecule has 0 amide bonds. The zero-order valence-electron chi connectivity index (χ0n) is 11.7. The van der Waals surface area contributed by atoms with Gasteiger partial charge in [-0.25, -0.2) is 0 Å². The van der Waals surface area contributed by atoms with E-state index in [1.54, 1.807) is 0 Å². The standard InChI is InChI=1S/C12H18F4O4/c1-5-11(4,6-10(2,3)8(17)18)9(19)20-7(13)12(14,15)16/h7H,5-6H2,1-4H3,(H,17,18). The molecule has 0 aliphatic heterocycles. The van der Waals surface area contributed by atoms with Crippen LogP contribution in [0.15, 0.2) is 0 Å². The Kier molecular flexibility index (Phi) is 5.57. The molecule has 0 aromatic carbocycles. The summed E-state index contributed by atoms with van der Waals surface area (Å²) in [7, 11) is 0. The normalized spacial score (nSPS) is 17.2. The number of aliphatic carboxylic acids is 1. The van der Waals surface area contributed by atoms with E-state index >= 15 is 0 Å². The van der Waals surface area contributed by atoms with E-state index in [0.717, 1.165) is 0 Å². The monoisotopic (exact) mass is 302 g/mol. The van der Waals surface area contributed by atoms with Crippen molar-refractivity contribution in [3.63, 3.8) is 0 Å². The third-order valence-electron chi connectivity index (χ3n) is 3.15. The number of carbonyl (C=O) groups excluding carboxylic acids is 1. The molecule has 0 bridgehead atoms. The fourth-order valence-electron chi connectivity index (χ4n) is 1.70. The maximum absolute atomic E-state index is 12.7. The molecule has 0 aromatic heterocycles. The van der Waals surface area contributed by atoms with Gasteiger partial charge in [0.1, 0.15) is 0 Å². The third kappa shape index (κ3) is 4.64. The van der Waals surface area contributed by atoms with Gasteiger partial charge in [0, 0.05) is 0 Å². The van der Waals surface area contributed by atoms with Gasteiger partial charge in [0.25, 0.3) is 0 Å². The van der Waals surface area contributed by atoms with Crippen LogP contribution in [0.25, 0.3) is 0 Å². The van der Waals surface area contributed by atoms with Crippen LogP contribution in [0.2, 0.25) is 0 Å². The molecule has 0 heterocycles. The molecule has 0 fully saturated rings. The molecule has 20 heavy (non-hydrogen) atoms. The summed E-state index contributed by atoms with van der Waals surface area (Å²) in [6, 6.07) is 0. The van der Waals surface area contributed by atoms with Gasteiger partial charge >= 0.3 is 24.5 Å². The number of carbonyl (C=O) groups is 2. The van der Waals surface area contributed by atoms with E-state index in [1.165, 1.54) is 27.7 Å². The first-order valence-corrected chi connectivity index (χ1v) is 5.91. The predicted octanol–water partition coefficient (Wildman–Crippen LogP) is 3.30. The molecule has 2 unspecified atom stereocenters. The van der Waals surface area contributed by atoms with E-state index in [1.807, 2.05) is 0 Å². The molecule has 0 aliphatic rings. The summed E-state index contributed by atoms with van der Waals surface area (Å²) in [5.74, 6) is -2.61. The van der Waals surface area contributed by atoms with E-state index in [9.17, 15) is 27.2 Å².